The third-order valence-electron chi connectivity index (χ3n) is 2.68. The maximum Gasteiger partial charge on any atom is 0.250 e. The largest absolute Gasteiger partial charge is 0.389 e. The van der Waals surface area contributed by atoms with E-state index in [2.05, 4.69) is 10.3 Å². The number of anilines is 2. The third-order valence-corrected chi connectivity index (χ3v) is 3.50. The summed E-state index contributed by atoms with van der Waals surface area (Å²) in [6.07, 6.45) is 3.25. The number of aromatic nitrogens is 1. The lowest BCUT2D eigenvalue weighted by Crippen LogP contribution is -2.07. The van der Waals surface area contributed by atoms with E-state index >= 15 is 0 Å². The van der Waals surface area contributed by atoms with E-state index in [-0.39, 0.29) is 11.8 Å². The van der Waals surface area contributed by atoms with Crippen molar-refractivity contribution in [3.05, 3.63) is 47.7 Å². The highest BCUT2D eigenvalue weighted by Crippen LogP contribution is 2.30. The Labute approximate surface area is 122 Å². The lowest BCUT2D eigenvalue weighted by atomic mass is 10.1. The molecule has 0 atom stereocenters. The first-order chi connectivity index (χ1) is 9.56. The van der Waals surface area contributed by atoms with Gasteiger partial charge in [0.15, 0.2) is 5.13 Å². The fourth-order valence-electron chi connectivity index (χ4n) is 1.69. The molecule has 1 heterocycles. The molecule has 5 heteroatoms. The zero-order valence-electron chi connectivity index (χ0n) is 11.5. The number of nitrogen functional groups attached to an aromatic ring is 1. The molecule has 0 fully saturated rings. The van der Waals surface area contributed by atoms with E-state index in [1.54, 1.807) is 6.08 Å². The van der Waals surface area contributed by atoms with Crippen molar-refractivity contribution in [1.29, 1.82) is 0 Å². The molecule has 0 radical (unpaired) electrons. The number of hydrogen-bond acceptors (Lipinski definition) is 4. The van der Waals surface area contributed by atoms with E-state index < -0.39 is 0 Å². The maximum absolute atomic E-state index is 11.8. The standard InChI is InChI=1S/C15H17N3OS/c1-10(2)13-14(16)20-15(18-13)17-12(19)9-8-11-6-4-3-5-7-11/h3-10H,16H2,1-2H3,(H,17,18,19)/b9-8+. The molecule has 2 aromatic rings. The molecular formula is C15H17N3OS. The molecule has 1 aromatic carbocycles. The van der Waals surface area contributed by atoms with E-state index in [1.165, 1.54) is 17.4 Å². The lowest BCUT2D eigenvalue weighted by molar-refractivity contribution is -0.111. The first-order valence-corrected chi connectivity index (χ1v) is 7.18. The van der Waals surface area contributed by atoms with E-state index in [4.69, 9.17) is 5.73 Å². The summed E-state index contributed by atoms with van der Waals surface area (Å²) >= 11 is 1.29. The minimum atomic E-state index is -0.210. The van der Waals surface area contributed by atoms with Gasteiger partial charge in [0.1, 0.15) is 5.00 Å². The fourth-order valence-corrected chi connectivity index (χ4v) is 2.58. The van der Waals surface area contributed by atoms with Crippen LogP contribution in [-0.4, -0.2) is 10.9 Å². The zero-order valence-corrected chi connectivity index (χ0v) is 12.3. The molecule has 4 nitrogen and oxygen atoms in total. The van der Waals surface area contributed by atoms with Crippen LogP contribution in [0.1, 0.15) is 31.0 Å². The Kier molecular flexibility index (Phi) is 4.53. The van der Waals surface area contributed by atoms with Crippen LogP contribution >= 0.6 is 11.3 Å². The van der Waals surface area contributed by atoms with Crippen molar-refractivity contribution in [3.8, 4) is 0 Å². The van der Waals surface area contributed by atoms with Gasteiger partial charge >= 0.3 is 0 Å². The van der Waals surface area contributed by atoms with Gasteiger partial charge in [0, 0.05) is 6.08 Å². The molecule has 0 unspecified atom stereocenters. The normalized spacial score (nSPS) is 11.2. The third kappa shape index (κ3) is 3.68. The van der Waals surface area contributed by atoms with E-state index in [0.29, 0.717) is 10.1 Å². The summed E-state index contributed by atoms with van der Waals surface area (Å²) in [7, 11) is 0. The molecule has 0 aliphatic carbocycles. The van der Waals surface area contributed by atoms with Crippen LogP contribution in [0.5, 0.6) is 0 Å². The number of amides is 1. The van der Waals surface area contributed by atoms with Crippen LogP contribution in [0.25, 0.3) is 6.08 Å². The molecule has 104 valence electrons. The number of nitrogens with one attached hydrogen (secondary N) is 1. The average molecular weight is 287 g/mol. The van der Waals surface area contributed by atoms with Gasteiger partial charge in [-0.15, -0.1) is 0 Å². The molecule has 0 aliphatic heterocycles. The van der Waals surface area contributed by atoms with Crippen molar-refractivity contribution in [3.63, 3.8) is 0 Å². The Morgan fingerprint density at radius 3 is 2.65 bits per heavy atom. The van der Waals surface area contributed by atoms with Crippen LogP contribution in [0, 0.1) is 0 Å². The highest BCUT2D eigenvalue weighted by Gasteiger charge is 2.12. The second-order valence-electron chi connectivity index (χ2n) is 4.66. The number of nitrogens with zero attached hydrogens (tertiary/aromatic N) is 1. The first-order valence-electron chi connectivity index (χ1n) is 6.36. The van der Waals surface area contributed by atoms with Crippen LogP contribution < -0.4 is 11.1 Å². The Balaban J connectivity index is 2.01. The van der Waals surface area contributed by atoms with E-state index in [1.807, 2.05) is 44.2 Å². The monoisotopic (exact) mass is 287 g/mol. The Morgan fingerprint density at radius 2 is 2.05 bits per heavy atom. The van der Waals surface area contributed by atoms with Gasteiger partial charge in [-0.25, -0.2) is 4.98 Å². The minimum absolute atomic E-state index is 0.210. The van der Waals surface area contributed by atoms with Gasteiger partial charge in [0.25, 0.3) is 0 Å². The Bertz CT molecular complexity index is 617. The maximum atomic E-state index is 11.8. The van der Waals surface area contributed by atoms with Crippen LogP contribution in [0.2, 0.25) is 0 Å². The van der Waals surface area contributed by atoms with Crippen LogP contribution in [-0.2, 0) is 4.79 Å². The Hall–Kier alpha value is -2.14. The predicted octanol–water partition coefficient (Wildman–Crippen LogP) is 3.50. The van der Waals surface area contributed by atoms with Crippen molar-refractivity contribution >= 4 is 33.5 Å². The highest BCUT2D eigenvalue weighted by atomic mass is 32.1. The zero-order chi connectivity index (χ0) is 14.5. The molecule has 0 aliphatic rings. The van der Waals surface area contributed by atoms with Crippen molar-refractivity contribution in [2.75, 3.05) is 11.1 Å². The molecule has 2 rings (SSSR count). The fraction of sp³-hybridized carbons (Fsp3) is 0.200. The van der Waals surface area contributed by atoms with Crippen LogP contribution in [0.4, 0.5) is 10.1 Å². The molecule has 1 aromatic heterocycles. The molecule has 0 bridgehead atoms. The Morgan fingerprint density at radius 1 is 1.35 bits per heavy atom. The second kappa shape index (κ2) is 6.34. The number of carbonyl (C=O) groups is 1. The average Bonchev–Trinajstić information content (AvgIpc) is 2.78. The van der Waals surface area contributed by atoms with Gasteiger partial charge in [-0.3, -0.25) is 10.1 Å². The molecule has 3 N–H and O–H groups in total. The minimum Gasteiger partial charge on any atom is -0.389 e. The number of rotatable bonds is 4. The van der Waals surface area contributed by atoms with E-state index in [9.17, 15) is 4.79 Å². The van der Waals surface area contributed by atoms with Crippen molar-refractivity contribution in [1.82, 2.24) is 4.98 Å². The van der Waals surface area contributed by atoms with Crippen LogP contribution in [0.3, 0.4) is 0 Å². The topological polar surface area (TPSA) is 68.0 Å². The van der Waals surface area contributed by atoms with Gasteiger partial charge in [0.05, 0.1) is 5.69 Å². The molecule has 1 amide bonds. The number of benzene rings is 1. The van der Waals surface area contributed by atoms with Crippen molar-refractivity contribution < 1.29 is 4.79 Å². The van der Waals surface area contributed by atoms with Gasteiger partial charge < -0.3 is 5.73 Å². The summed E-state index contributed by atoms with van der Waals surface area (Å²) in [4.78, 5) is 16.1. The van der Waals surface area contributed by atoms with Crippen LogP contribution in [0.15, 0.2) is 36.4 Å². The molecule has 0 saturated heterocycles. The first kappa shape index (κ1) is 14.3. The van der Waals surface area contributed by atoms with Crippen molar-refractivity contribution in [2.24, 2.45) is 0 Å². The quantitative estimate of drug-likeness (QED) is 0.846. The number of hydrogen-bond donors (Lipinski definition) is 2. The molecule has 20 heavy (non-hydrogen) atoms. The van der Waals surface area contributed by atoms with Gasteiger partial charge in [-0.2, -0.15) is 0 Å². The van der Waals surface area contributed by atoms with Gasteiger partial charge in [-0.05, 0) is 17.6 Å². The van der Waals surface area contributed by atoms with Gasteiger partial charge in [-0.1, -0.05) is 55.5 Å². The molecular weight excluding hydrogens is 270 g/mol. The highest BCUT2D eigenvalue weighted by molar-refractivity contribution is 7.19. The number of carbonyl (C=O) groups excluding carboxylic acids is 1. The van der Waals surface area contributed by atoms with Crippen molar-refractivity contribution in [2.45, 2.75) is 19.8 Å². The SMILES string of the molecule is CC(C)c1nc(NC(=O)/C=C/c2ccccc2)sc1N. The summed E-state index contributed by atoms with van der Waals surface area (Å²) in [5.74, 6) is 0.0367. The number of thiazole rings is 1. The summed E-state index contributed by atoms with van der Waals surface area (Å²) < 4.78 is 0. The summed E-state index contributed by atoms with van der Waals surface area (Å²) in [6.45, 7) is 4.04. The smallest absolute Gasteiger partial charge is 0.250 e. The summed E-state index contributed by atoms with van der Waals surface area (Å²) in [5, 5.41) is 3.92. The predicted molar refractivity (Wildman–Crippen MR) is 84.7 cm³/mol. The summed E-state index contributed by atoms with van der Waals surface area (Å²) in [5.41, 5.74) is 7.68. The second-order valence-corrected chi connectivity index (χ2v) is 5.69. The molecule has 0 spiro atoms. The van der Waals surface area contributed by atoms with E-state index in [0.717, 1.165) is 11.3 Å². The lowest BCUT2D eigenvalue weighted by Gasteiger charge is -1.99. The summed E-state index contributed by atoms with van der Waals surface area (Å²) in [6, 6.07) is 9.65. The molecule has 0 saturated carbocycles. The van der Waals surface area contributed by atoms with Gasteiger partial charge in [0.2, 0.25) is 5.91 Å². The number of nitrogens with two attached hydrogens (primary N) is 1.